The number of carboxylic acids is 1. The topological polar surface area (TPSA) is 59.0 Å². The van der Waals surface area contributed by atoms with E-state index < -0.39 is 17.6 Å². The van der Waals surface area contributed by atoms with E-state index in [0.29, 0.717) is 32.0 Å². The smallest absolute Gasteiger partial charge is 0.338 e. The molecule has 5 nitrogen and oxygen atoms in total. The Labute approximate surface area is 115 Å². The third-order valence-corrected chi connectivity index (χ3v) is 3.89. The highest BCUT2D eigenvalue weighted by atomic mass is 19.1. The van der Waals surface area contributed by atoms with Gasteiger partial charge in [-0.25, -0.2) is 9.18 Å². The van der Waals surface area contributed by atoms with Gasteiger partial charge in [-0.1, -0.05) is 0 Å². The second-order valence-corrected chi connectivity index (χ2v) is 5.06. The van der Waals surface area contributed by atoms with Gasteiger partial charge < -0.3 is 19.5 Å². The molecule has 2 fully saturated rings. The van der Waals surface area contributed by atoms with Gasteiger partial charge in [0, 0.05) is 31.6 Å². The molecule has 6 heteroatoms. The minimum Gasteiger partial charge on any atom is -0.478 e. The lowest BCUT2D eigenvalue weighted by atomic mass is 10.0. The highest BCUT2D eigenvalue weighted by molar-refractivity contribution is 5.88. The third-order valence-electron chi connectivity index (χ3n) is 3.89. The van der Waals surface area contributed by atoms with Crippen molar-refractivity contribution in [2.24, 2.45) is 0 Å². The monoisotopic (exact) mass is 281 g/mol. The van der Waals surface area contributed by atoms with Crippen molar-refractivity contribution in [3.63, 3.8) is 0 Å². The van der Waals surface area contributed by atoms with Crippen LogP contribution in [0.25, 0.3) is 0 Å². The Morgan fingerprint density at radius 2 is 1.90 bits per heavy atom. The van der Waals surface area contributed by atoms with E-state index in [9.17, 15) is 9.18 Å². The largest absolute Gasteiger partial charge is 0.478 e. The van der Waals surface area contributed by atoms with Crippen LogP contribution in [0.15, 0.2) is 18.2 Å². The first-order valence-corrected chi connectivity index (χ1v) is 6.65. The van der Waals surface area contributed by atoms with E-state index in [0.717, 1.165) is 12.8 Å². The molecule has 2 aliphatic rings. The zero-order valence-corrected chi connectivity index (χ0v) is 11.0. The van der Waals surface area contributed by atoms with Gasteiger partial charge in [0.1, 0.15) is 5.82 Å². The average Bonchev–Trinajstić information content (AvgIpc) is 2.87. The number of hydrogen-bond acceptors (Lipinski definition) is 4. The molecule has 0 bridgehead atoms. The summed E-state index contributed by atoms with van der Waals surface area (Å²) < 4.78 is 25.0. The van der Waals surface area contributed by atoms with Gasteiger partial charge in [0.25, 0.3) is 0 Å². The zero-order chi connectivity index (χ0) is 14.2. The Bertz CT molecular complexity index is 518. The predicted octanol–water partition coefficient (Wildman–Crippen LogP) is 1.87. The minimum absolute atomic E-state index is 0.301. The van der Waals surface area contributed by atoms with Crippen LogP contribution in [0.5, 0.6) is 0 Å². The fourth-order valence-corrected chi connectivity index (χ4v) is 2.77. The van der Waals surface area contributed by atoms with Crippen LogP contribution < -0.4 is 4.90 Å². The van der Waals surface area contributed by atoms with Crippen LogP contribution in [0, 0.1) is 5.82 Å². The maximum atomic E-state index is 13.7. The molecule has 2 heterocycles. The molecule has 0 atom stereocenters. The van der Waals surface area contributed by atoms with Crippen molar-refractivity contribution in [3.8, 4) is 0 Å². The number of aromatic carboxylic acids is 1. The Kier molecular flexibility index (Phi) is 3.35. The molecular weight excluding hydrogens is 265 g/mol. The predicted molar refractivity (Wildman–Crippen MR) is 69.4 cm³/mol. The Morgan fingerprint density at radius 1 is 1.25 bits per heavy atom. The molecule has 2 saturated heterocycles. The van der Waals surface area contributed by atoms with E-state index in [1.165, 1.54) is 12.1 Å². The van der Waals surface area contributed by atoms with Gasteiger partial charge in [-0.3, -0.25) is 0 Å². The van der Waals surface area contributed by atoms with Crippen LogP contribution >= 0.6 is 0 Å². The zero-order valence-electron chi connectivity index (χ0n) is 11.0. The van der Waals surface area contributed by atoms with Crippen molar-refractivity contribution in [2.75, 3.05) is 31.2 Å². The Hall–Kier alpha value is -1.66. The number of piperidine rings is 1. The number of carbonyl (C=O) groups is 1. The maximum Gasteiger partial charge on any atom is 0.338 e. The number of ether oxygens (including phenoxy) is 2. The van der Waals surface area contributed by atoms with Crippen molar-refractivity contribution in [3.05, 3.63) is 29.6 Å². The molecule has 0 amide bonds. The fourth-order valence-electron chi connectivity index (χ4n) is 2.77. The number of benzene rings is 1. The van der Waals surface area contributed by atoms with Crippen molar-refractivity contribution < 1.29 is 23.8 Å². The second kappa shape index (κ2) is 5.03. The molecule has 0 aliphatic carbocycles. The van der Waals surface area contributed by atoms with E-state index in [2.05, 4.69) is 0 Å². The van der Waals surface area contributed by atoms with Gasteiger partial charge in [-0.05, 0) is 18.2 Å². The summed E-state index contributed by atoms with van der Waals surface area (Å²) in [6.07, 6.45) is 1.46. The van der Waals surface area contributed by atoms with Crippen LogP contribution in [-0.2, 0) is 9.47 Å². The average molecular weight is 281 g/mol. The van der Waals surface area contributed by atoms with Crippen LogP contribution in [0.1, 0.15) is 23.2 Å². The van der Waals surface area contributed by atoms with E-state index in [1.807, 2.05) is 4.90 Å². The molecule has 1 N–H and O–H groups in total. The number of rotatable bonds is 2. The van der Waals surface area contributed by atoms with E-state index >= 15 is 0 Å². The summed E-state index contributed by atoms with van der Waals surface area (Å²) in [7, 11) is 0. The molecule has 1 aromatic carbocycles. The van der Waals surface area contributed by atoms with E-state index in [1.54, 1.807) is 6.07 Å². The molecule has 0 saturated carbocycles. The summed E-state index contributed by atoms with van der Waals surface area (Å²) in [5.41, 5.74) is 0.394. The highest BCUT2D eigenvalue weighted by Crippen LogP contribution is 2.33. The molecule has 108 valence electrons. The summed E-state index contributed by atoms with van der Waals surface area (Å²) in [4.78, 5) is 12.8. The van der Waals surface area contributed by atoms with E-state index in [-0.39, 0.29) is 5.56 Å². The van der Waals surface area contributed by atoms with E-state index in [4.69, 9.17) is 14.6 Å². The van der Waals surface area contributed by atoms with Crippen molar-refractivity contribution in [2.45, 2.75) is 18.6 Å². The molecule has 1 aromatic rings. The van der Waals surface area contributed by atoms with Crippen molar-refractivity contribution >= 4 is 11.7 Å². The Morgan fingerprint density at radius 3 is 2.45 bits per heavy atom. The minimum atomic E-state index is -1.25. The normalized spacial score (nSPS) is 21.4. The summed E-state index contributed by atoms with van der Waals surface area (Å²) in [5.74, 6) is -2.42. The lowest BCUT2D eigenvalue weighted by Crippen LogP contribution is -2.45. The lowest BCUT2D eigenvalue weighted by molar-refractivity contribution is -0.169. The summed E-state index contributed by atoms with van der Waals surface area (Å²) in [5, 5.41) is 8.82. The molecule has 20 heavy (non-hydrogen) atoms. The summed E-state index contributed by atoms with van der Waals surface area (Å²) in [6.45, 7) is 2.65. The SMILES string of the molecule is O=C(O)c1ccc(N2CCC3(CC2)OCCO3)cc1F. The van der Waals surface area contributed by atoms with Crippen LogP contribution in [-0.4, -0.2) is 43.2 Å². The van der Waals surface area contributed by atoms with Gasteiger partial charge in [-0.15, -0.1) is 0 Å². The lowest BCUT2D eigenvalue weighted by Gasteiger charge is -2.38. The quantitative estimate of drug-likeness (QED) is 0.896. The van der Waals surface area contributed by atoms with Gasteiger partial charge >= 0.3 is 5.97 Å². The molecule has 1 spiro atoms. The first-order chi connectivity index (χ1) is 9.60. The number of hydrogen-bond donors (Lipinski definition) is 1. The fraction of sp³-hybridized carbons (Fsp3) is 0.500. The van der Waals surface area contributed by atoms with Crippen molar-refractivity contribution in [1.82, 2.24) is 0 Å². The molecule has 0 radical (unpaired) electrons. The van der Waals surface area contributed by atoms with Crippen LogP contribution in [0.4, 0.5) is 10.1 Å². The molecule has 0 aromatic heterocycles. The first-order valence-electron chi connectivity index (χ1n) is 6.65. The van der Waals surface area contributed by atoms with Crippen molar-refractivity contribution in [1.29, 1.82) is 0 Å². The molecule has 2 aliphatic heterocycles. The van der Waals surface area contributed by atoms with Gasteiger partial charge in [0.2, 0.25) is 0 Å². The first kappa shape index (κ1) is 13.3. The Balaban J connectivity index is 1.72. The van der Waals surface area contributed by atoms with Crippen LogP contribution in [0.3, 0.4) is 0 Å². The second-order valence-electron chi connectivity index (χ2n) is 5.06. The molecular formula is C14H16FNO4. The maximum absolute atomic E-state index is 13.7. The number of halogens is 1. The van der Waals surface area contributed by atoms with Gasteiger partial charge in [0.05, 0.1) is 18.8 Å². The van der Waals surface area contributed by atoms with Gasteiger partial charge in [0.15, 0.2) is 5.79 Å². The standard InChI is InChI=1S/C14H16FNO4/c15-12-9-10(1-2-11(12)13(17)18)16-5-3-14(4-6-16)19-7-8-20-14/h1-2,9H,3-8H2,(H,17,18). The summed E-state index contributed by atoms with van der Waals surface area (Å²) >= 11 is 0. The summed E-state index contributed by atoms with van der Waals surface area (Å²) in [6, 6.07) is 4.22. The third kappa shape index (κ3) is 2.36. The highest BCUT2D eigenvalue weighted by Gasteiger charge is 2.39. The molecule has 0 unspecified atom stereocenters. The number of carboxylic acid groups (broad SMARTS) is 1. The van der Waals surface area contributed by atoms with Gasteiger partial charge in [-0.2, -0.15) is 0 Å². The number of anilines is 1. The molecule has 3 rings (SSSR count). The van der Waals surface area contributed by atoms with Crippen LogP contribution in [0.2, 0.25) is 0 Å². The number of nitrogens with zero attached hydrogens (tertiary/aromatic N) is 1.